The van der Waals surface area contributed by atoms with Crippen LogP contribution < -0.4 is 10.3 Å². The summed E-state index contributed by atoms with van der Waals surface area (Å²) in [6.45, 7) is 4.28. The number of carbonyl (C=O) groups is 2. The molecule has 0 aliphatic carbocycles. The molecule has 5 rings (SSSR count). The van der Waals surface area contributed by atoms with E-state index in [1.54, 1.807) is 60.7 Å². The predicted molar refractivity (Wildman–Crippen MR) is 139 cm³/mol. The first-order valence-electron chi connectivity index (χ1n) is 11.8. The second-order valence-electron chi connectivity index (χ2n) is 8.84. The number of anilines is 1. The average Bonchev–Trinajstić information content (AvgIpc) is 3.17. The van der Waals surface area contributed by atoms with E-state index in [-0.39, 0.29) is 16.8 Å². The maximum absolute atomic E-state index is 13.7. The van der Waals surface area contributed by atoms with Crippen molar-refractivity contribution in [2.24, 2.45) is 0 Å². The van der Waals surface area contributed by atoms with Gasteiger partial charge in [-0.1, -0.05) is 48.7 Å². The minimum atomic E-state index is -0.715. The van der Waals surface area contributed by atoms with Gasteiger partial charge in [-0.3, -0.25) is 14.5 Å². The number of amides is 1. The molecule has 36 heavy (non-hydrogen) atoms. The van der Waals surface area contributed by atoms with E-state index in [0.29, 0.717) is 39.4 Å². The number of benzene rings is 3. The molecule has 1 atom stereocenters. The summed E-state index contributed by atoms with van der Waals surface area (Å²) in [6.07, 6.45) is 1.72. The zero-order valence-corrected chi connectivity index (χ0v) is 20.7. The maximum atomic E-state index is 13.7. The molecule has 7 heteroatoms. The number of hydrogen-bond donors (Lipinski definition) is 0. The van der Waals surface area contributed by atoms with E-state index in [0.717, 1.165) is 18.4 Å². The highest BCUT2D eigenvalue weighted by Crippen LogP contribution is 2.41. The molecule has 0 spiro atoms. The molecule has 0 N–H and O–H groups in total. The molecule has 0 bridgehead atoms. The van der Waals surface area contributed by atoms with Crippen LogP contribution in [-0.2, 0) is 4.74 Å². The quantitative estimate of drug-likeness (QED) is 0.224. The Hall–Kier alpha value is -3.90. The third-order valence-electron chi connectivity index (χ3n) is 6.32. The van der Waals surface area contributed by atoms with E-state index >= 15 is 0 Å². The van der Waals surface area contributed by atoms with Crippen LogP contribution in [0.15, 0.2) is 75.9 Å². The summed E-state index contributed by atoms with van der Waals surface area (Å²) in [7, 11) is 0. The normalized spacial score (nSPS) is 14.8. The van der Waals surface area contributed by atoms with Crippen molar-refractivity contribution in [3.05, 3.63) is 110 Å². The topological polar surface area (TPSA) is 76.8 Å². The Labute approximate surface area is 213 Å². The molecule has 1 unspecified atom stereocenters. The van der Waals surface area contributed by atoms with Crippen LogP contribution in [0.1, 0.15) is 63.4 Å². The van der Waals surface area contributed by atoms with Gasteiger partial charge in [0.05, 0.1) is 29.2 Å². The van der Waals surface area contributed by atoms with Crippen LogP contribution in [0.25, 0.3) is 11.0 Å². The third kappa shape index (κ3) is 4.18. The second-order valence-corrected chi connectivity index (χ2v) is 9.28. The van der Waals surface area contributed by atoms with E-state index in [1.807, 2.05) is 19.9 Å². The molecule has 4 aromatic rings. The van der Waals surface area contributed by atoms with Crippen LogP contribution in [0.3, 0.4) is 0 Å². The predicted octanol–water partition coefficient (Wildman–Crippen LogP) is 6.46. The van der Waals surface area contributed by atoms with Crippen molar-refractivity contribution in [2.45, 2.75) is 32.7 Å². The first kappa shape index (κ1) is 23.8. The minimum absolute atomic E-state index is 0.0133. The van der Waals surface area contributed by atoms with E-state index in [9.17, 15) is 14.4 Å². The zero-order chi connectivity index (χ0) is 25.4. The SMILES string of the molecule is CCCCOC(=O)c1ccc(N2C(=O)c3oc4ccc(C)cc4c(=O)c3C2c2ccc(Cl)cc2)cc1. The number of ether oxygens (including phenoxy) is 1. The molecule has 3 aromatic carbocycles. The standard InChI is InChI=1S/C29H24ClNO5/c1-3-4-15-35-29(34)19-8-12-21(13-9-19)31-25(18-6-10-20(30)11-7-18)24-26(32)22-16-17(2)5-14-23(22)36-27(24)28(31)33/h5-14,16,25H,3-4,15H2,1-2H3. The molecule has 1 amide bonds. The van der Waals surface area contributed by atoms with Gasteiger partial charge in [0.2, 0.25) is 5.76 Å². The number of hydrogen-bond acceptors (Lipinski definition) is 5. The average molecular weight is 502 g/mol. The van der Waals surface area contributed by atoms with E-state index in [1.165, 1.54) is 4.90 Å². The Morgan fingerprint density at radius 1 is 1.03 bits per heavy atom. The molecular formula is C29H24ClNO5. The van der Waals surface area contributed by atoms with Gasteiger partial charge in [-0.15, -0.1) is 0 Å². The highest BCUT2D eigenvalue weighted by Gasteiger charge is 2.43. The number of halogens is 1. The lowest BCUT2D eigenvalue weighted by molar-refractivity contribution is 0.0499. The monoisotopic (exact) mass is 501 g/mol. The first-order chi connectivity index (χ1) is 17.4. The maximum Gasteiger partial charge on any atom is 0.338 e. The van der Waals surface area contributed by atoms with Crippen LogP contribution in [0.2, 0.25) is 5.02 Å². The van der Waals surface area contributed by atoms with Crippen molar-refractivity contribution >= 4 is 40.1 Å². The molecule has 0 saturated heterocycles. The van der Waals surface area contributed by atoms with Crippen molar-refractivity contribution in [3.8, 4) is 0 Å². The highest BCUT2D eigenvalue weighted by atomic mass is 35.5. The van der Waals surface area contributed by atoms with Gasteiger partial charge >= 0.3 is 5.97 Å². The van der Waals surface area contributed by atoms with Gasteiger partial charge in [0.25, 0.3) is 5.91 Å². The highest BCUT2D eigenvalue weighted by molar-refractivity contribution is 6.30. The molecule has 0 saturated carbocycles. The molecule has 1 aliphatic rings. The molecule has 0 radical (unpaired) electrons. The van der Waals surface area contributed by atoms with Crippen molar-refractivity contribution in [3.63, 3.8) is 0 Å². The number of unbranched alkanes of at least 4 members (excludes halogenated alkanes) is 1. The second kappa shape index (κ2) is 9.63. The molecule has 0 fully saturated rings. The van der Waals surface area contributed by atoms with Gasteiger partial charge in [-0.05, 0) is 67.4 Å². The van der Waals surface area contributed by atoms with Crippen LogP contribution in [-0.4, -0.2) is 18.5 Å². The van der Waals surface area contributed by atoms with Gasteiger partial charge in [0.1, 0.15) is 5.58 Å². The fraction of sp³-hybridized carbons (Fsp3) is 0.207. The Kier molecular flexibility index (Phi) is 6.37. The molecule has 2 heterocycles. The fourth-order valence-electron chi connectivity index (χ4n) is 4.46. The lowest BCUT2D eigenvalue weighted by atomic mass is 9.98. The van der Waals surface area contributed by atoms with Gasteiger partial charge < -0.3 is 9.15 Å². The molecule has 1 aromatic heterocycles. The number of nitrogens with zero attached hydrogens (tertiary/aromatic N) is 1. The van der Waals surface area contributed by atoms with E-state index in [4.69, 9.17) is 20.8 Å². The number of fused-ring (bicyclic) bond motifs is 2. The largest absolute Gasteiger partial charge is 0.462 e. The van der Waals surface area contributed by atoms with E-state index in [2.05, 4.69) is 0 Å². The number of carbonyl (C=O) groups excluding carboxylic acids is 2. The summed E-state index contributed by atoms with van der Waals surface area (Å²) in [5.74, 6) is -0.832. The van der Waals surface area contributed by atoms with Crippen LogP contribution >= 0.6 is 11.6 Å². The minimum Gasteiger partial charge on any atom is -0.462 e. The summed E-state index contributed by atoms with van der Waals surface area (Å²) in [6, 6.07) is 18.2. The lowest BCUT2D eigenvalue weighted by Crippen LogP contribution is -2.29. The van der Waals surface area contributed by atoms with Crippen molar-refractivity contribution < 1.29 is 18.7 Å². The van der Waals surface area contributed by atoms with Gasteiger partial charge in [0, 0.05) is 10.7 Å². The number of aryl methyl sites for hydroxylation is 1. The van der Waals surface area contributed by atoms with Crippen LogP contribution in [0.5, 0.6) is 0 Å². The summed E-state index contributed by atoms with van der Waals surface area (Å²) in [4.78, 5) is 41.2. The van der Waals surface area contributed by atoms with Gasteiger partial charge in [0.15, 0.2) is 5.43 Å². The first-order valence-corrected chi connectivity index (χ1v) is 12.2. The summed E-state index contributed by atoms with van der Waals surface area (Å²) < 4.78 is 11.3. The molecule has 182 valence electrons. The smallest absolute Gasteiger partial charge is 0.338 e. The lowest BCUT2D eigenvalue weighted by Gasteiger charge is -2.25. The zero-order valence-electron chi connectivity index (χ0n) is 19.9. The van der Waals surface area contributed by atoms with Gasteiger partial charge in [-0.2, -0.15) is 0 Å². The Bertz CT molecular complexity index is 1520. The molecule has 1 aliphatic heterocycles. The Balaban J connectivity index is 1.62. The number of rotatable bonds is 6. The van der Waals surface area contributed by atoms with Gasteiger partial charge in [-0.25, -0.2) is 4.79 Å². The van der Waals surface area contributed by atoms with Crippen molar-refractivity contribution in [1.29, 1.82) is 0 Å². The van der Waals surface area contributed by atoms with Crippen LogP contribution in [0, 0.1) is 6.92 Å². The summed E-state index contributed by atoms with van der Waals surface area (Å²) >= 11 is 6.12. The van der Waals surface area contributed by atoms with Crippen molar-refractivity contribution in [2.75, 3.05) is 11.5 Å². The van der Waals surface area contributed by atoms with Crippen LogP contribution in [0.4, 0.5) is 5.69 Å². The Morgan fingerprint density at radius 2 is 1.75 bits per heavy atom. The third-order valence-corrected chi connectivity index (χ3v) is 6.58. The van der Waals surface area contributed by atoms with Crippen molar-refractivity contribution in [1.82, 2.24) is 0 Å². The fourth-order valence-corrected chi connectivity index (χ4v) is 4.59. The summed E-state index contributed by atoms with van der Waals surface area (Å²) in [5, 5.41) is 0.967. The Morgan fingerprint density at radius 3 is 2.44 bits per heavy atom. The van der Waals surface area contributed by atoms with E-state index < -0.39 is 17.9 Å². The molecule has 6 nitrogen and oxygen atoms in total. The summed E-state index contributed by atoms with van der Waals surface area (Å²) in [5.41, 5.74) is 2.94. The molecular weight excluding hydrogens is 478 g/mol. The number of esters is 1.